The third-order valence-electron chi connectivity index (χ3n) is 7.33. The number of carboxylic acids is 2. The lowest BCUT2D eigenvalue weighted by Gasteiger charge is -2.21. The lowest BCUT2D eigenvalue weighted by molar-refractivity contribution is -0.146. The van der Waals surface area contributed by atoms with Gasteiger partial charge in [0.25, 0.3) is 5.91 Å². The number of fused-ring (bicyclic) bond motifs is 1. The minimum Gasteiger partial charge on any atom is -0.511 e. The second-order valence-electron chi connectivity index (χ2n) is 10.4. The Morgan fingerprint density at radius 1 is 1.00 bits per heavy atom. The quantitative estimate of drug-likeness (QED) is 0.254. The first-order chi connectivity index (χ1) is 18.3. The van der Waals surface area contributed by atoms with Crippen molar-refractivity contribution in [1.29, 1.82) is 0 Å². The number of aliphatic hydroxyl groups excluding tert-OH is 1. The van der Waals surface area contributed by atoms with Crippen molar-refractivity contribution in [2.45, 2.75) is 52.0 Å². The van der Waals surface area contributed by atoms with Crippen LogP contribution in [0.3, 0.4) is 0 Å². The van der Waals surface area contributed by atoms with Crippen LogP contribution >= 0.6 is 0 Å². The number of pyridine rings is 1. The van der Waals surface area contributed by atoms with Gasteiger partial charge in [0.15, 0.2) is 17.4 Å². The summed E-state index contributed by atoms with van der Waals surface area (Å²) in [5.74, 6) is -4.48. The fourth-order valence-corrected chi connectivity index (χ4v) is 4.41. The summed E-state index contributed by atoms with van der Waals surface area (Å²) < 4.78 is 0. The van der Waals surface area contributed by atoms with E-state index in [1.807, 2.05) is 26.0 Å². The highest BCUT2D eigenvalue weighted by molar-refractivity contribution is 6.23. The molecule has 204 valence electrons. The molecule has 2 fully saturated rings. The van der Waals surface area contributed by atoms with Crippen LogP contribution in [0.2, 0.25) is 0 Å². The van der Waals surface area contributed by atoms with Crippen molar-refractivity contribution in [3.63, 3.8) is 0 Å². The van der Waals surface area contributed by atoms with Gasteiger partial charge in [0.1, 0.15) is 17.0 Å². The molecular weight excluding hydrogens is 506 g/mol. The summed E-state index contributed by atoms with van der Waals surface area (Å²) >= 11 is 0. The van der Waals surface area contributed by atoms with Gasteiger partial charge in [0.2, 0.25) is 0 Å². The van der Waals surface area contributed by atoms with Crippen molar-refractivity contribution in [2.75, 3.05) is 0 Å². The molecular formula is C28H29N3O8. The Morgan fingerprint density at radius 2 is 1.62 bits per heavy atom. The molecule has 39 heavy (non-hydrogen) atoms. The monoisotopic (exact) mass is 535 g/mol. The number of aliphatic carboxylic acids is 1. The first-order valence-electron chi connectivity index (χ1n) is 12.6. The van der Waals surface area contributed by atoms with Crippen molar-refractivity contribution < 1.29 is 39.3 Å². The van der Waals surface area contributed by atoms with E-state index < -0.39 is 35.0 Å². The molecule has 5 rings (SSSR count). The number of aromatic carboxylic acids is 1. The van der Waals surface area contributed by atoms with Gasteiger partial charge in [0.05, 0.1) is 22.6 Å². The minimum absolute atomic E-state index is 0.0197. The summed E-state index contributed by atoms with van der Waals surface area (Å²) in [6.45, 7) is 5.54. The third kappa shape index (κ3) is 5.43. The number of Topliss-reactive ketones (excluding diaryl/α,β-unsaturated/α-hetero) is 2. The highest BCUT2D eigenvalue weighted by atomic mass is 16.4. The number of hydrogen-bond acceptors (Lipinski definition) is 8. The van der Waals surface area contributed by atoms with Gasteiger partial charge < -0.3 is 20.6 Å². The number of carbonyl (C=O) groups is 5. The number of aliphatic hydroxyl groups is 1. The largest absolute Gasteiger partial charge is 0.511 e. The van der Waals surface area contributed by atoms with E-state index in [4.69, 9.17) is 5.11 Å². The van der Waals surface area contributed by atoms with Crippen molar-refractivity contribution in [2.24, 2.45) is 22.7 Å². The molecule has 1 atom stereocenters. The summed E-state index contributed by atoms with van der Waals surface area (Å²) in [5, 5.41) is 31.3. The molecule has 1 aromatic carbocycles. The number of para-hydroxylation sites is 1. The predicted molar refractivity (Wildman–Crippen MR) is 139 cm³/mol. The molecule has 2 aromatic rings. The number of hydrogen-bond donors (Lipinski definition) is 4. The van der Waals surface area contributed by atoms with Crippen LogP contribution in [0.5, 0.6) is 0 Å². The van der Waals surface area contributed by atoms with E-state index in [9.17, 15) is 34.2 Å². The number of nitrogens with one attached hydrogen (secondary N) is 1. The molecule has 1 aliphatic heterocycles. The van der Waals surface area contributed by atoms with Gasteiger partial charge in [-0.15, -0.1) is 0 Å². The van der Waals surface area contributed by atoms with Gasteiger partial charge in [-0.2, -0.15) is 0 Å². The van der Waals surface area contributed by atoms with E-state index >= 15 is 0 Å². The molecule has 11 nitrogen and oxygen atoms in total. The minimum atomic E-state index is -1.13. The maximum Gasteiger partial charge on any atom is 0.338 e. The summed E-state index contributed by atoms with van der Waals surface area (Å²) in [4.78, 5) is 66.6. The van der Waals surface area contributed by atoms with Gasteiger partial charge in [0, 0.05) is 24.1 Å². The molecule has 11 heteroatoms. The number of ketones is 2. The summed E-state index contributed by atoms with van der Waals surface area (Å²) in [5.41, 5.74) is -0.203. The third-order valence-corrected chi connectivity index (χ3v) is 7.33. The summed E-state index contributed by atoms with van der Waals surface area (Å²) in [7, 11) is 0. The normalized spacial score (nSPS) is 22.8. The number of benzene rings is 1. The summed E-state index contributed by atoms with van der Waals surface area (Å²) in [6, 6.07) is 8.79. The molecule has 2 heterocycles. The van der Waals surface area contributed by atoms with Gasteiger partial charge in [-0.1, -0.05) is 32.0 Å². The average molecular weight is 536 g/mol. The number of allylic oxidation sites excluding steroid dienone is 2. The van der Waals surface area contributed by atoms with E-state index in [2.05, 4.69) is 15.3 Å². The van der Waals surface area contributed by atoms with Gasteiger partial charge in [-0.3, -0.25) is 19.2 Å². The molecule has 1 aromatic heterocycles. The van der Waals surface area contributed by atoms with Crippen LogP contribution in [-0.4, -0.2) is 61.1 Å². The van der Waals surface area contributed by atoms with E-state index in [0.29, 0.717) is 5.52 Å². The van der Waals surface area contributed by atoms with Crippen LogP contribution < -0.4 is 5.32 Å². The smallest absolute Gasteiger partial charge is 0.338 e. The first kappa shape index (κ1) is 27.6. The van der Waals surface area contributed by atoms with Crippen molar-refractivity contribution in [3.05, 3.63) is 52.9 Å². The molecule has 1 unspecified atom stereocenters. The van der Waals surface area contributed by atoms with Crippen molar-refractivity contribution in [1.82, 2.24) is 10.3 Å². The van der Waals surface area contributed by atoms with Crippen LogP contribution in [-0.2, 0) is 19.2 Å². The average Bonchev–Trinajstić information content (AvgIpc) is 3.68. The Balaban J connectivity index is 0.000000193. The number of carboxylic acid groups (broad SMARTS) is 2. The number of aromatic nitrogens is 1. The van der Waals surface area contributed by atoms with E-state index in [1.165, 1.54) is 0 Å². The molecule has 0 spiro atoms. The predicted octanol–water partition coefficient (Wildman–Crippen LogP) is 3.07. The fraction of sp³-hybridized carbons (Fsp3) is 0.393. The zero-order valence-electron chi connectivity index (χ0n) is 21.7. The lowest BCUT2D eigenvalue weighted by atomic mass is 9.83. The second-order valence-corrected chi connectivity index (χ2v) is 10.4. The number of rotatable bonds is 5. The van der Waals surface area contributed by atoms with Gasteiger partial charge in [-0.05, 0) is 37.8 Å². The SMILES string of the molecule is CC(C)C1(C)N=C(c2nc3ccccc3cc2C(=O)O)NC1=O.O=C1CC(C(=O)O)CC(=O)C1=C(O)C1CC1. The number of aliphatic imine (C=N–C) groups is 1. The number of amidine groups is 1. The van der Waals surface area contributed by atoms with Crippen LogP contribution in [0.1, 0.15) is 62.5 Å². The Kier molecular flexibility index (Phi) is 7.36. The van der Waals surface area contributed by atoms with Crippen molar-refractivity contribution in [3.8, 4) is 0 Å². The fourth-order valence-electron chi connectivity index (χ4n) is 4.41. The highest BCUT2D eigenvalue weighted by Crippen LogP contribution is 2.38. The van der Waals surface area contributed by atoms with Crippen LogP contribution in [0.4, 0.5) is 0 Å². The molecule has 4 N–H and O–H groups in total. The highest BCUT2D eigenvalue weighted by Gasteiger charge is 2.43. The summed E-state index contributed by atoms with van der Waals surface area (Å²) in [6.07, 6.45) is 1.21. The number of amides is 1. The lowest BCUT2D eigenvalue weighted by Crippen LogP contribution is -2.41. The Morgan fingerprint density at radius 3 is 2.13 bits per heavy atom. The molecule has 3 aliphatic rings. The van der Waals surface area contributed by atoms with E-state index in [0.717, 1.165) is 18.2 Å². The standard InChI is InChI=1S/C17H17N3O3.C11H12O5/c1-9(2)17(3)16(23)19-14(20-17)13-11(15(21)22)8-10-6-4-5-7-12(10)18-13;12-7-3-6(11(15)16)4-8(13)9(7)10(14)5-1-2-5/h4-9H,1-3H3,(H,21,22)(H,19,20,23);5-6,14H,1-4H2,(H,15,16). The van der Waals surface area contributed by atoms with Gasteiger partial charge in [-0.25, -0.2) is 14.8 Å². The maximum absolute atomic E-state index is 12.3. The van der Waals surface area contributed by atoms with Gasteiger partial charge >= 0.3 is 11.9 Å². The second kappa shape index (κ2) is 10.4. The van der Waals surface area contributed by atoms with E-state index in [-0.39, 0.29) is 59.0 Å². The maximum atomic E-state index is 12.3. The van der Waals surface area contributed by atoms with E-state index in [1.54, 1.807) is 25.1 Å². The zero-order chi connectivity index (χ0) is 28.6. The Labute approximate surface area is 223 Å². The molecule has 0 bridgehead atoms. The van der Waals surface area contributed by atoms with Crippen LogP contribution in [0.15, 0.2) is 46.7 Å². The first-order valence-corrected chi connectivity index (χ1v) is 12.6. The van der Waals surface area contributed by atoms with Crippen molar-refractivity contribution >= 4 is 46.2 Å². The van der Waals surface area contributed by atoms with Crippen LogP contribution in [0.25, 0.3) is 10.9 Å². The topological polar surface area (TPSA) is 183 Å². The Bertz CT molecular complexity index is 1450. The molecule has 0 radical (unpaired) electrons. The molecule has 0 saturated heterocycles. The van der Waals surface area contributed by atoms with Crippen LogP contribution in [0, 0.1) is 17.8 Å². The number of nitrogens with zero attached hydrogens (tertiary/aromatic N) is 2. The zero-order valence-corrected chi connectivity index (χ0v) is 21.7. The molecule has 2 saturated carbocycles. The molecule has 2 aliphatic carbocycles. The molecule has 1 amide bonds. The number of carbonyl (C=O) groups excluding carboxylic acids is 3. The Hall–Kier alpha value is -4.41.